The summed E-state index contributed by atoms with van der Waals surface area (Å²) >= 11 is 9.02. The van der Waals surface area contributed by atoms with Crippen LogP contribution in [0.5, 0.6) is 0 Å². The van der Waals surface area contributed by atoms with Gasteiger partial charge < -0.3 is 5.32 Å². The predicted octanol–water partition coefficient (Wildman–Crippen LogP) is 7.39. The number of aromatic nitrogens is 2. The molecule has 1 aromatic rings. The molecule has 0 aromatic carbocycles. The Balaban J connectivity index is 2.22. The fourth-order valence-electron chi connectivity index (χ4n) is 3.51. The Morgan fingerprint density at radius 1 is 0.931 bits per heavy atom. The molecule has 0 aliphatic rings. The van der Waals surface area contributed by atoms with Crippen LogP contribution in [0.1, 0.15) is 95.9 Å². The summed E-state index contributed by atoms with van der Waals surface area (Å²) in [7, 11) is 0. The van der Waals surface area contributed by atoms with Gasteiger partial charge in [0.1, 0.15) is 15.9 Å². The van der Waals surface area contributed by atoms with Crippen LogP contribution < -0.4 is 5.32 Å². The zero-order valence-corrected chi connectivity index (χ0v) is 21.6. The highest BCUT2D eigenvalue weighted by atomic mass is 32.2. The van der Waals surface area contributed by atoms with E-state index in [0.717, 1.165) is 40.1 Å². The van der Waals surface area contributed by atoms with Gasteiger partial charge in [0.15, 0.2) is 0 Å². The first kappa shape index (κ1) is 26.7. The molecule has 0 fully saturated rings. The Kier molecular flexibility index (Phi) is 15.1. The van der Waals surface area contributed by atoms with E-state index in [-0.39, 0.29) is 0 Å². The number of nitrogens with zero attached hydrogens (tertiary/aromatic N) is 2. The zero-order chi connectivity index (χ0) is 21.5. The maximum Gasteiger partial charge on any atom is 0.127 e. The van der Waals surface area contributed by atoms with Crippen LogP contribution in [0, 0.1) is 6.92 Å². The van der Waals surface area contributed by atoms with Crippen LogP contribution >= 0.6 is 35.7 Å². The Morgan fingerprint density at radius 2 is 1.52 bits per heavy atom. The molecule has 1 heterocycles. The number of rotatable bonds is 16. The van der Waals surface area contributed by atoms with Crippen LogP contribution in [0.4, 0.5) is 0 Å². The Labute approximate surface area is 193 Å². The van der Waals surface area contributed by atoms with Crippen molar-refractivity contribution in [2.24, 2.45) is 0 Å². The quantitative estimate of drug-likeness (QED) is 0.121. The Bertz CT molecular complexity index is 568. The Hall–Kier alpha value is -0.330. The molecule has 1 aromatic heterocycles. The van der Waals surface area contributed by atoms with Crippen molar-refractivity contribution in [3.63, 3.8) is 0 Å². The molecular weight excluding hydrogens is 414 g/mol. The van der Waals surface area contributed by atoms with Crippen molar-refractivity contribution in [2.75, 3.05) is 12.5 Å². The van der Waals surface area contributed by atoms with Crippen LogP contribution in [0.25, 0.3) is 0 Å². The molecule has 0 amide bonds. The van der Waals surface area contributed by atoms with E-state index < -0.39 is 0 Å². The van der Waals surface area contributed by atoms with Crippen molar-refractivity contribution in [3.8, 4) is 0 Å². The predicted molar refractivity (Wildman–Crippen MR) is 136 cm³/mol. The molecule has 1 unspecified atom stereocenters. The van der Waals surface area contributed by atoms with E-state index in [1.165, 1.54) is 63.4 Å². The smallest absolute Gasteiger partial charge is 0.127 e. The zero-order valence-electron chi connectivity index (χ0n) is 19.2. The van der Waals surface area contributed by atoms with E-state index in [1.54, 1.807) is 23.5 Å². The van der Waals surface area contributed by atoms with E-state index in [1.807, 2.05) is 6.92 Å². The SMILES string of the molecule is CCCCCCCCCC(=S)NC(C)CCCCc1c(SC)nc(C)nc1SC. The summed E-state index contributed by atoms with van der Waals surface area (Å²) < 4.78 is 0. The molecule has 0 bridgehead atoms. The van der Waals surface area contributed by atoms with E-state index in [0.29, 0.717) is 6.04 Å². The monoisotopic (exact) mass is 455 g/mol. The number of hydrogen-bond donors (Lipinski definition) is 1. The number of hydrogen-bond acceptors (Lipinski definition) is 5. The first-order valence-corrected chi connectivity index (χ1v) is 14.1. The third kappa shape index (κ3) is 11.6. The standard InChI is InChI=1S/C23H41N3S3/c1-6-7-8-9-10-11-12-17-21(27)24-18(2)15-13-14-16-20-22(28-4)25-19(3)26-23(20)29-5/h18H,6-17H2,1-5H3,(H,24,27). The average molecular weight is 456 g/mol. The van der Waals surface area contributed by atoms with Crippen molar-refractivity contribution in [1.82, 2.24) is 15.3 Å². The molecular formula is C23H41N3S3. The summed E-state index contributed by atoms with van der Waals surface area (Å²) in [6.07, 6.45) is 19.2. The normalized spacial score (nSPS) is 12.2. The van der Waals surface area contributed by atoms with Gasteiger partial charge in [0.25, 0.3) is 0 Å². The topological polar surface area (TPSA) is 37.8 Å². The Morgan fingerprint density at radius 3 is 2.10 bits per heavy atom. The summed E-state index contributed by atoms with van der Waals surface area (Å²) in [5.41, 5.74) is 1.32. The minimum absolute atomic E-state index is 0.460. The largest absolute Gasteiger partial charge is 0.377 e. The van der Waals surface area contributed by atoms with Crippen LogP contribution in [-0.4, -0.2) is 33.5 Å². The number of nitrogens with one attached hydrogen (secondary N) is 1. The van der Waals surface area contributed by atoms with Crippen molar-refractivity contribution in [2.45, 2.75) is 114 Å². The van der Waals surface area contributed by atoms with E-state index in [9.17, 15) is 0 Å². The summed E-state index contributed by atoms with van der Waals surface area (Å²) in [6, 6.07) is 0.460. The van der Waals surface area contributed by atoms with Crippen molar-refractivity contribution in [3.05, 3.63) is 11.4 Å². The summed E-state index contributed by atoms with van der Waals surface area (Å²) in [4.78, 5) is 10.3. The highest BCUT2D eigenvalue weighted by molar-refractivity contribution is 7.99. The van der Waals surface area contributed by atoms with Crippen molar-refractivity contribution in [1.29, 1.82) is 0 Å². The molecule has 1 rings (SSSR count). The molecule has 0 radical (unpaired) electrons. The maximum atomic E-state index is 5.55. The lowest BCUT2D eigenvalue weighted by molar-refractivity contribution is 0.549. The summed E-state index contributed by atoms with van der Waals surface area (Å²) in [5, 5.41) is 5.83. The molecule has 0 saturated heterocycles. The van der Waals surface area contributed by atoms with Gasteiger partial charge in [-0.25, -0.2) is 9.97 Å². The van der Waals surface area contributed by atoms with Crippen LogP contribution in [0.3, 0.4) is 0 Å². The van der Waals surface area contributed by atoms with Crippen LogP contribution in [0.2, 0.25) is 0 Å². The van der Waals surface area contributed by atoms with Gasteiger partial charge in [-0.1, -0.05) is 64.1 Å². The molecule has 0 spiro atoms. The first-order chi connectivity index (χ1) is 14.0. The average Bonchev–Trinajstić information content (AvgIpc) is 2.70. The van der Waals surface area contributed by atoms with Crippen LogP contribution in [0.15, 0.2) is 10.1 Å². The molecule has 166 valence electrons. The third-order valence-electron chi connectivity index (χ3n) is 5.16. The fourth-order valence-corrected chi connectivity index (χ4v) is 5.26. The number of unbranched alkanes of at least 4 members (excludes halogenated alkanes) is 7. The number of thioether (sulfide) groups is 2. The van der Waals surface area contributed by atoms with Crippen molar-refractivity contribution >= 4 is 40.7 Å². The lowest BCUT2D eigenvalue weighted by Crippen LogP contribution is -2.31. The molecule has 6 heteroatoms. The maximum absolute atomic E-state index is 5.55. The van der Waals surface area contributed by atoms with Gasteiger partial charge in [0, 0.05) is 11.6 Å². The van der Waals surface area contributed by atoms with E-state index in [2.05, 4.69) is 41.6 Å². The van der Waals surface area contributed by atoms with Gasteiger partial charge in [-0.2, -0.15) is 0 Å². The molecule has 0 saturated carbocycles. The second kappa shape index (κ2) is 16.4. The lowest BCUT2D eigenvalue weighted by Gasteiger charge is -2.16. The van der Waals surface area contributed by atoms with Crippen LogP contribution in [-0.2, 0) is 6.42 Å². The number of aryl methyl sites for hydroxylation is 1. The first-order valence-electron chi connectivity index (χ1n) is 11.3. The summed E-state index contributed by atoms with van der Waals surface area (Å²) in [6.45, 7) is 6.50. The van der Waals surface area contributed by atoms with E-state index in [4.69, 9.17) is 12.2 Å². The van der Waals surface area contributed by atoms with Crippen molar-refractivity contribution < 1.29 is 0 Å². The molecule has 0 aliphatic heterocycles. The molecule has 1 N–H and O–H groups in total. The van der Waals surface area contributed by atoms with Gasteiger partial charge in [-0.15, -0.1) is 23.5 Å². The van der Waals surface area contributed by atoms with Gasteiger partial charge in [0.2, 0.25) is 0 Å². The number of thiocarbonyl (C=S) groups is 1. The molecule has 1 atom stereocenters. The van der Waals surface area contributed by atoms with Gasteiger partial charge in [-0.05, 0) is 58.5 Å². The summed E-state index contributed by atoms with van der Waals surface area (Å²) in [5.74, 6) is 0.870. The second-order valence-corrected chi connectivity index (χ2v) is 9.94. The van der Waals surface area contributed by atoms with Gasteiger partial charge in [-0.3, -0.25) is 0 Å². The van der Waals surface area contributed by atoms with Gasteiger partial charge >= 0.3 is 0 Å². The molecule has 29 heavy (non-hydrogen) atoms. The second-order valence-electron chi connectivity index (χ2n) is 7.85. The van der Waals surface area contributed by atoms with E-state index >= 15 is 0 Å². The minimum Gasteiger partial charge on any atom is -0.377 e. The minimum atomic E-state index is 0.460. The molecule has 0 aliphatic carbocycles. The highest BCUT2D eigenvalue weighted by Gasteiger charge is 2.12. The fraction of sp³-hybridized carbons (Fsp3) is 0.783. The van der Waals surface area contributed by atoms with Gasteiger partial charge in [0.05, 0.1) is 4.99 Å². The highest BCUT2D eigenvalue weighted by Crippen LogP contribution is 2.28. The third-order valence-corrected chi connectivity index (χ3v) is 6.93. The molecule has 3 nitrogen and oxygen atoms in total. The lowest BCUT2D eigenvalue weighted by atomic mass is 10.1.